The minimum Gasteiger partial charge on any atom is -0.461 e. The number of nitrogens with two attached hydrogens (primary N) is 1. The van der Waals surface area contributed by atoms with Crippen molar-refractivity contribution in [2.45, 2.75) is 70.6 Å². The van der Waals surface area contributed by atoms with Gasteiger partial charge in [-0.1, -0.05) is 26.2 Å². The Kier molecular flexibility index (Phi) is 5.46. The van der Waals surface area contributed by atoms with Gasteiger partial charge in [0.2, 0.25) is 0 Å². The van der Waals surface area contributed by atoms with Crippen molar-refractivity contribution in [1.29, 1.82) is 0 Å². The Bertz CT molecular complexity index is 1050. The van der Waals surface area contributed by atoms with Crippen LogP contribution in [0.4, 0.5) is 0 Å². The summed E-state index contributed by atoms with van der Waals surface area (Å²) in [5.74, 6) is 1.64. The third-order valence-electron chi connectivity index (χ3n) is 6.92. The largest absolute Gasteiger partial charge is 0.461 e. The third kappa shape index (κ3) is 4.36. The van der Waals surface area contributed by atoms with Crippen LogP contribution in [0.2, 0.25) is 0 Å². The van der Waals surface area contributed by atoms with Gasteiger partial charge < -0.3 is 8.60 Å². The van der Waals surface area contributed by atoms with Crippen molar-refractivity contribution < 1.29 is 17.0 Å². The molecule has 6 nitrogen and oxygen atoms in total. The second-order valence-corrected chi connectivity index (χ2v) is 10.0. The number of fused-ring (bicyclic) bond motifs is 4. The molecule has 1 heterocycles. The van der Waals surface area contributed by atoms with Gasteiger partial charge in [-0.25, -0.2) is 0 Å². The van der Waals surface area contributed by atoms with Crippen LogP contribution in [0.15, 0.2) is 33.5 Å². The fourth-order valence-electron chi connectivity index (χ4n) is 5.45. The van der Waals surface area contributed by atoms with E-state index in [1.807, 2.05) is 0 Å². The molecule has 1 atom stereocenters. The molecule has 1 aromatic carbocycles. The summed E-state index contributed by atoms with van der Waals surface area (Å²) < 4.78 is 33.1. The molecule has 2 bridgehead atoms. The van der Waals surface area contributed by atoms with E-state index < -0.39 is 10.3 Å². The lowest BCUT2D eigenvalue weighted by atomic mass is 9.54. The van der Waals surface area contributed by atoms with Gasteiger partial charge >= 0.3 is 10.3 Å². The average molecular weight is 420 g/mol. The number of benzene rings is 1. The molecule has 0 amide bonds. The van der Waals surface area contributed by atoms with Crippen molar-refractivity contribution in [3.63, 3.8) is 0 Å². The van der Waals surface area contributed by atoms with Gasteiger partial charge in [-0.3, -0.25) is 4.79 Å². The molecule has 3 aliphatic carbocycles. The first kappa shape index (κ1) is 20.4. The molecule has 1 unspecified atom stereocenters. The van der Waals surface area contributed by atoms with E-state index in [-0.39, 0.29) is 17.1 Å². The molecule has 3 saturated carbocycles. The highest BCUT2D eigenvalue weighted by molar-refractivity contribution is 7.84. The molecule has 2 N–H and O–H groups in total. The molecule has 0 radical (unpaired) electrons. The van der Waals surface area contributed by atoms with Gasteiger partial charge in [0.15, 0.2) is 5.43 Å². The van der Waals surface area contributed by atoms with Crippen LogP contribution in [0.3, 0.4) is 0 Å². The number of unbranched alkanes of at least 4 members (excludes halogenated alkanes) is 2. The van der Waals surface area contributed by atoms with Gasteiger partial charge in [0, 0.05) is 12.0 Å². The van der Waals surface area contributed by atoms with Crippen LogP contribution >= 0.6 is 0 Å². The second-order valence-electron chi connectivity index (χ2n) is 8.85. The Labute approximate surface area is 171 Å². The molecule has 29 heavy (non-hydrogen) atoms. The SMILES string of the molecule is CCCCCC12CCC(CC1)C(c1cc(=O)c3cc(OS(N)(=O)=O)ccc3o1)C2. The van der Waals surface area contributed by atoms with Crippen molar-refractivity contribution in [3.8, 4) is 5.75 Å². The predicted molar refractivity (Wildman–Crippen MR) is 112 cm³/mol. The van der Waals surface area contributed by atoms with Gasteiger partial charge in [0.1, 0.15) is 17.1 Å². The normalized spacial score (nSPS) is 26.7. The molecule has 158 valence electrons. The fraction of sp³-hybridized carbons (Fsp3) is 0.591. The summed E-state index contributed by atoms with van der Waals surface area (Å²) in [6.07, 6.45) is 11.2. The van der Waals surface area contributed by atoms with E-state index in [9.17, 15) is 13.2 Å². The van der Waals surface area contributed by atoms with E-state index in [0.29, 0.717) is 22.3 Å². The van der Waals surface area contributed by atoms with Crippen LogP contribution in [0.5, 0.6) is 5.75 Å². The van der Waals surface area contributed by atoms with E-state index in [2.05, 4.69) is 11.1 Å². The van der Waals surface area contributed by atoms with Gasteiger partial charge in [0.25, 0.3) is 0 Å². The van der Waals surface area contributed by atoms with Gasteiger partial charge in [0.05, 0.1) is 5.39 Å². The first-order valence-corrected chi connectivity index (χ1v) is 12.1. The number of rotatable bonds is 7. The van der Waals surface area contributed by atoms with Gasteiger partial charge in [-0.05, 0) is 68.1 Å². The number of hydrogen-bond donors (Lipinski definition) is 1. The molecule has 3 aliphatic rings. The summed E-state index contributed by atoms with van der Waals surface area (Å²) in [6, 6.07) is 6.00. The second kappa shape index (κ2) is 7.76. The van der Waals surface area contributed by atoms with Crippen molar-refractivity contribution in [2.75, 3.05) is 0 Å². The van der Waals surface area contributed by atoms with Crippen LogP contribution in [0.1, 0.15) is 76.4 Å². The van der Waals surface area contributed by atoms with Gasteiger partial charge in [-0.2, -0.15) is 13.6 Å². The summed E-state index contributed by atoms with van der Waals surface area (Å²) in [5.41, 5.74) is 0.674. The molecular weight excluding hydrogens is 390 g/mol. The summed E-state index contributed by atoms with van der Waals surface area (Å²) in [7, 11) is -4.14. The van der Waals surface area contributed by atoms with Crippen LogP contribution < -0.4 is 14.8 Å². The van der Waals surface area contributed by atoms with Crippen LogP contribution in [0.25, 0.3) is 11.0 Å². The zero-order chi connectivity index (χ0) is 20.6. The van der Waals surface area contributed by atoms with E-state index in [4.69, 9.17) is 9.56 Å². The van der Waals surface area contributed by atoms with E-state index >= 15 is 0 Å². The van der Waals surface area contributed by atoms with Crippen molar-refractivity contribution in [1.82, 2.24) is 0 Å². The highest BCUT2D eigenvalue weighted by Gasteiger charge is 2.46. The van der Waals surface area contributed by atoms with E-state index in [1.54, 1.807) is 12.1 Å². The van der Waals surface area contributed by atoms with Crippen molar-refractivity contribution in [2.24, 2.45) is 16.5 Å². The summed E-state index contributed by atoms with van der Waals surface area (Å²) in [4.78, 5) is 12.8. The molecule has 7 heteroatoms. The van der Waals surface area contributed by atoms with E-state index in [0.717, 1.165) is 12.2 Å². The standard InChI is InChI=1S/C22H29NO5S/c1-2-3-4-9-22-10-7-15(8-11-22)18(14-22)21-13-19(24)17-12-16(28-29(23,25)26)5-6-20(17)27-21/h5-6,12-13,15,18H,2-4,7-11,14H2,1H3,(H2,23,25,26). The molecule has 5 rings (SSSR count). The fourth-order valence-corrected chi connectivity index (χ4v) is 5.82. The Hall–Kier alpha value is -1.86. The quantitative estimate of drug-likeness (QED) is 0.660. The van der Waals surface area contributed by atoms with Gasteiger partial charge in [-0.15, -0.1) is 0 Å². The molecule has 3 fully saturated rings. The lowest BCUT2D eigenvalue weighted by Gasteiger charge is -2.51. The third-order valence-corrected chi connectivity index (χ3v) is 7.34. The Morgan fingerprint density at radius 1 is 1.21 bits per heavy atom. The summed E-state index contributed by atoms with van der Waals surface area (Å²) >= 11 is 0. The first-order chi connectivity index (χ1) is 13.8. The molecule has 0 aliphatic heterocycles. The lowest BCUT2D eigenvalue weighted by Crippen LogP contribution is -2.39. The van der Waals surface area contributed by atoms with Crippen molar-refractivity contribution in [3.05, 3.63) is 40.2 Å². The maximum atomic E-state index is 12.8. The Morgan fingerprint density at radius 2 is 1.97 bits per heavy atom. The molecule has 1 aromatic heterocycles. The highest BCUT2D eigenvalue weighted by atomic mass is 32.2. The first-order valence-electron chi connectivity index (χ1n) is 10.6. The monoisotopic (exact) mass is 419 g/mol. The molecular formula is C22H29NO5S. The molecule has 2 aromatic rings. The lowest BCUT2D eigenvalue weighted by molar-refractivity contribution is 0.0270. The zero-order valence-corrected chi connectivity index (χ0v) is 17.7. The number of hydrogen-bond acceptors (Lipinski definition) is 5. The van der Waals surface area contributed by atoms with E-state index in [1.165, 1.54) is 63.5 Å². The minimum atomic E-state index is -4.14. The average Bonchev–Trinajstić information content (AvgIpc) is 2.68. The van der Waals surface area contributed by atoms with Crippen LogP contribution in [-0.4, -0.2) is 8.42 Å². The maximum Gasteiger partial charge on any atom is 0.380 e. The maximum absolute atomic E-state index is 12.8. The summed E-state index contributed by atoms with van der Waals surface area (Å²) in [5, 5.41) is 5.21. The molecule has 0 saturated heterocycles. The molecule has 0 spiro atoms. The van der Waals surface area contributed by atoms with Crippen LogP contribution in [0, 0.1) is 11.3 Å². The Morgan fingerprint density at radius 3 is 2.66 bits per heavy atom. The zero-order valence-electron chi connectivity index (χ0n) is 16.9. The highest BCUT2D eigenvalue weighted by Crippen LogP contribution is 2.58. The topological polar surface area (TPSA) is 99.6 Å². The minimum absolute atomic E-state index is 0.00616. The van der Waals surface area contributed by atoms with Crippen molar-refractivity contribution >= 4 is 21.3 Å². The smallest absolute Gasteiger partial charge is 0.380 e. The van der Waals surface area contributed by atoms with Crippen LogP contribution in [-0.2, 0) is 10.3 Å². The Balaban J connectivity index is 1.62. The summed E-state index contributed by atoms with van der Waals surface area (Å²) in [6.45, 7) is 2.24. The predicted octanol–water partition coefficient (Wildman–Crippen LogP) is 4.62.